The number of nitrogens with one attached hydrogen (secondary N) is 1. The molecule has 1 atom stereocenters. The maximum atomic E-state index is 12.2. The van der Waals surface area contributed by atoms with Gasteiger partial charge in [0.05, 0.1) is 23.2 Å². The Morgan fingerprint density at radius 1 is 1.23 bits per heavy atom. The second-order valence-electron chi connectivity index (χ2n) is 6.85. The molecule has 1 amide bonds. The van der Waals surface area contributed by atoms with E-state index in [9.17, 15) is 13.2 Å². The number of carbonyl (C=O) groups excluding carboxylic acids is 1. The van der Waals surface area contributed by atoms with Crippen molar-refractivity contribution < 1.29 is 13.2 Å². The molecular weight excluding hydrogens is 302 g/mol. The molecule has 1 aliphatic heterocycles. The average Bonchev–Trinajstić information content (AvgIpc) is 3.06. The lowest BCUT2D eigenvalue weighted by molar-refractivity contribution is -0.122. The zero-order valence-electron chi connectivity index (χ0n) is 12.5. The fourth-order valence-corrected chi connectivity index (χ4v) is 4.92. The van der Waals surface area contributed by atoms with Crippen LogP contribution in [0.4, 0.5) is 5.82 Å². The minimum atomic E-state index is -2.97. The third kappa shape index (κ3) is 2.66. The predicted octanol–water partition coefficient (Wildman–Crippen LogP) is 1.86. The first-order valence-electron chi connectivity index (χ1n) is 8.12. The largest absolute Gasteiger partial charge is 0.311 e. The summed E-state index contributed by atoms with van der Waals surface area (Å²) >= 11 is 0. The Labute approximate surface area is 130 Å². The predicted molar refractivity (Wildman–Crippen MR) is 82.5 cm³/mol. The molecule has 1 N–H and O–H groups in total. The fourth-order valence-electron chi connectivity index (χ4n) is 3.23. The van der Waals surface area contributed by atoms with Gasteiger partial charge in [0.2, 0.25) is 5.91 Å². The van der Waals surface area contributed by atoms with Gasteiger partial charge in [-0.3, -0.25) is 4.79 Å². The molecule has 1 unspecified atom stereocenters. The molecule has 0 bridgehead atoms. The summed E-state index contributed by atoms with van der Waals surface area (Å²) in [6, 6.07) is 1.80. The summed E-state index contributed by atoms with van der Waals surface area (Å²) in [7, 11) is -2.97. The van der Waals surface area contributed by atoms with Crippen LogP contribution in [-0.4, -0.2) is 35.6 Å². The van der Waals surface area contributed by atoms with Crippen molar-refractivity contribution in [3.63, 3.8) is 0 Å². The number of amides is 1. The topological polar surface area (TPSA) is 81.1 Å². The van der Waals surface area contributed by atoms with Crippen molar-refractivity contribution in [2.45, 2.75) is 50.5 Å². The van der Waals surface area contributed by atoms with E-state index in [1.54, 1.807) is 4.68 Å². The Bertz CT molecular complexity index is 702. The van der Waals surface area contributed by atoms with Crippen LogP contribution in [0.5, 0.6) is 0 Å². The molecule has 2 aliphatic carbocycles. The first kappa shape index (κ1) is 14.2. The summed E-state index contributed by atoms with van der Waals surface area (Å²) < 4.78 is 25.2. The van der Waals surface area contributed by atoms with Gasteiger partial charge in [-0.1, -0.05) is 6.42 Å². The zero-order chi connectivity index (χ0) is 15.3. The summed E-state index contributed by atoms with van der Waals surface area (Å²) in [6.45, 7) is 0. The highest BCUT2D eigenvalue weighted by Crippen LogP contribution is 2.41. The third-order valence-corrected chi connectivity index (χ3v) is 6.78. The lowest BCUT2D eigenvalue weighted by Crippen LogP contribution is -2.29. The Balaban J connectivity index is 1.59. The van der Waals surface area contributed by atoms with Crippen molar-refractivity contribution in [1.29, 1.82) is 0 Å². The van der Waals surface area contributed by atoms with Gasteiger partial charge in [-0.25, -0.2) is 13.1 Å². The Morgan fingerprint density at radius 2 is 2.00 bits per heavy atom. The van der Waals surface area contributed by atoms with Gasteiger partial charge < -0.3 is 5.32 Å². The third-order valence-electron chi connectivity index (χ3n) is 5.03. The summed E-state index contributed by atoms with van der Waals surface area (Å²) in [6.07, 6.45) is 5.87. The van der Waals surface area contributed by atoms with E-state index >= 15 is 0 Å². The average molecular weight is 323 g/mol. The lowest BCUT2D eigenvalue weighted by atomic mass is 9.85. The molecule has 2 heterocycles. The quantitative estimate of drug-likeness (QED) is 0.917. The molecule has 0 aromatic carbocycles. The van der Waals surface area contributed by atoms with E-state index in [1.165, 1.54) is 0 Å². The zero-order valence-corrected chi connectivity index (χ0v) is 13.3. The van der Waals surface area contributed by atoms with Crippen molar-refractivity contribution in [3.8, 4) is 0 Å². The molecule has 6 nitrogen and oxygen atoms in total. The molecular formula is C15H21N3O3S. The van der Waals surface area contributed by atoms with E-state index in [0.717, 1.165) is 37.8 Å². The monoisotopic (exact) mass is 323 g/mol. The van der Waals surface area contributed by atoms with Crippen molar-refractivity contribution in [2.75, 3.05) is 16.8 Å². The summed E-state index contributed by atoms with van der Waals surface area (Å²) in [5.74, 6) is 1.67. The first-order valence-corrected chi connectivity index (χ1v) is 9.95. The number of aromatic nitrogens is 2. The fraction of sp³-hybridized carbons (Fsp3) is 0.733. The summed E-state index contributed by atoms with van der Waals surface area (Å²) in [5.41, 5.74) is 0.994. The number of hydrogen-bond donors (Lipinski definition) is 1. The van der Waals surface area contributed by atoms with Crippen molar-refractivity contribution in [3.05, 3.63) is 11.8 Å². The maximum Gasteiger partial charge on any atom is 0.228 e. The highest BCUT2D eigenvalue weighted by molar-refractivity contribution is 7.91. The normalized spacial score (nSPS) is 27.5. The van der Waals surface area contributed by atoms with E-state index in [2.05, 4.69) is 10.4 Å². The van der Waals surface area contributed by atoms with Crippen LogP contribution in [-0.2, 0) is 14.6 Å². The van der Waals surface area contributed by atoms with Crippen LogP contribution >= 0.6 is 0 Å². The molecule has 120 valence electrons. The van der Waals surface area contributed by atoms with Crippen LogP contribution in [0.3, 0.4) is 0 Å². The van der Waals surface area contributed by atoms with Crippen molar-refractivity contribution in [2.24, 2.45) is 5.92 Å². The second kappa shape index (κ2) is 5.08. The van der Waals surface area contributed by atoms with Gasteiger partial charge in [-0.15, -0.1) is 0 Å². The number of hydrogen-bond acceptors (Lipinski definition) is 4. The van der Waals surface area contributed by atoms with Gasteiger partial charge in [-0.2, -0.15) is 5.10 Å². The summed E-state index contributed by atoms with van der Waals surface area (Å²) in [5, 5.41) is 7.60. The highest BCUT2D eigenvalue weighted by Gasteiger charge is 2.35. The van der Waals surface area contributed by atoms with Crippen LogP contribution in [0.25, 0.3) is 0 Å². The van der Waals surface area contributed by atoms with Crippen molar-refractivity contribution in [1.82, 2.24) is 9.78 Å². The highest BCUT2D eigenvalue weighted by atomic mass is 32.2. The lowest BCUT2D eigenvalue weighted by Gasteiger charge is -2.24. The molecule has 7 heteroatoms. The Kier molecular flexibility index (Phi) is 3.29. The first-order chi connectivity index (χ1) is 10.5. The van der Waals surface area contributed by atoms with Gasteiger partial charge in [0.25, 0.3) is 0 Å². The molecule has 3 aliphatic rings. The second-order valence-corrected chi connectivity index (χ2v) is 9.08. The number of carbonyl (C=O) groups is 1. The smallest absolute Gasteiger partial charge is 0.228 e. The SMILES string of the molecule is O=C(Nc1cc(C2CC2)nn1C1CCS(=O)(=O)C1)C1CCC1. The van der Waals surface area contributed by atoms with Gasteiger partial charge in [0.1, 0.15) is 5.82 Å². The van der Waals surface area contributed by atoms with Gasteiger partial charge in [-0.05, 0) is 32.1 Å². The molecule has 22 heavy (non-hydrogen) atoms. The van der Waals surface area contributed by atoms with E-state index in [4.69, 9.17) is 0 Å². The van der Waals surface area contributed by atoms with E-state index in [0.29, 0.717) is 18.2 Å². The van der Waals surface area contributed by atoms with E-state index < -0.39 is 9.84 Å². The minimum absolute atomic E-state index is 0.0515. The minimum Gasteiger partial charge on any atom is -0.311 e. The van der Waals surface area contributed by atoms with E-state index in [1.807, 2.05) is 6.07 Å². The van der Waals surface area contributed by atoms with Gasteiger partial charge >= 0.3 is 0 Å². The van der Waals surface area contributed by atoms with Gasteiger partial charge in [0, 0.05) is 17.9 Å². The molecule has 1 saturated heterocycles. The van der Waals surface area contributed by atoms with E-state index in [-0.39, 0.29) is 29.4 Å². The molecule has 2 saturated carbocycles. The standard InChI is InChI=1S/C15H21N3O3S/c19-15(11-2-1-3-11)16-14-8-13(10-4-5-10)17-18(14)12-6-7-22(20,21)9-12/h8,10-12H,1-7,9H2,(H,16,19). The number of anilines is 1. The molecule has 4 rings (SSSR count). The molecule has 1 aromatic heterocycles. The molecule has 3 fully saturated rings. The molecule has 1 aromatic rings. The number of rotatable bonds is 4. The van der Waals surface area contributed by atoms with Crippen LogP contribution < -0.4 is 5.32 Å². The molecule has 0 spiro atoms. The van der Waals surface area contributed by atoms with Crippen LogP contribution in [0.1, 0.15) is 56.2 Å². The Morgan fingerprint density at radius 3 is 2.55 bits per heavy atom. The number of sulfone groups is 1. The summed E-state index contributed by atoms with van der Waals surface area (Å²) in [4.78, 5) is 12.2. The van der Waals surface area contributed by atoms with Crippen LogP contribution in [0.2, 0.25) is 0 Å². The molecule has 0 radical (unpaired) electrons. The maximum absolute atomic E-state index is 12.2. The van der Waals surface area contributed by atoms with Crippen LogP contribution in [0.15, 0.2) is 6.07 Å². The number of nitrogens with zero attached hydrogens (tertiary/aromatic N) is 2. The van der Waals surface area contributed by atoms with Crippen LogP contribution in [0, 0.1) is 5.92 Å². The van der Waals surface area contributed by atoms with Gasteiger partial charge in [0.15, 0.2) is 9.84 Å². The Hall–Kier alpha value is -1.37. The van der Waals surface area contributed by atoms with Crippen molar-refractivity contribution >= 4 is 21.6 Å².